The van der Waals surface area contributed by atoms with Crippen LogP contribution >= 0.6 is 11.6 Å². The minimum atomic E-state index is -0.492. The van der Waals surface area contributed by atoms with Crippen LogP contribution in [0.1, 0.15) is 15.9 Å². The van der Waals surface area contributed by atoms with Gasteiger partial charge in [-0.25, -0.2) is 9.18 Å². The van der Waals surface area contributed by atoms with Crippen LogP contribution in [0.3, 0.4) is 0 Å². The van der Waals surface area contributed by atoms with E-state index in [1.165, 1.54) is 25.3 Å². The average molecular weight is 365 g/mol. The van der Waals surface area contributed by atoms with Crippen molar-refractivity contribution in [3.05, 3.63) is 64.4 Å². The van der Waals surface area contributed by atoms with E-state index in [0.717, 1.165) is 0 Å². The van der Waals surface area contributed by atoms with Crippen molar-refractivity contribution in [1.82, 2.24) is 5.32 Å². The van der Waals surface area contributed by atoms with Crippen LogP contribution in [0.2, 0.25) is 5.02 Å². The molecule has 0 spiro atoms. The third kappa shape index (κ3) is 5.46. The Hall–Kier alpha value is -2.60. The third-order valence-electron chi connectivity index (χ3n) is 3.50. The summed E-state index contributed by atoms with van der Waals surface area (Å²) in [5, 5.41) is 5.94. The maximum atomic E-state index is 13.5. The lowest BCUT2D eigenvalue weighted by Crippen LogP contribution is -2.31. The van der Waals surface area contributed by atoms with Crippen molar-refractivity contribution in [1.29, 1.82) is 0 Å². The summed E-state index contributed by atoms with van der Waals surface area (Å²) in [6.45, 7) is 0.291. The van der Waals surface area contributed by atoms with Gasteiger partial charge in [-0.1, -0.05) is 29.8 Å². The molecule has 0 bridgehead atoms. The van der Waals surface area contributed by atoms with Crippen LogP contribution in [0.15, 0.2) is 42.5 Å². The Kier molecular flexibility index (Phi) is 6.77. The molecule has 0 atom stereocenters. The van der Waals surface area contributed by atoms with Crippen LogP contribution in [0, 0.1) is 5.82 Å². The Labute approximate surface area is 150 Å². The van der Waals surface area contributed by atoms with Crippen LogP contribution in [-0.4, -0.2) is 32.1 Å². The normalized spacial score (nSPS) is 10.2. The molecule has 1 amide bonds. The maximum Gasteiger partial charge on any atom is 0.337 e. The van der Waals surface area contributed by atoms with Gasteiger partial charge >= 0.3 is 5.97 Å². The van der Waals surface area contributed by atoms with Crippen molar-refractivity contribution in [3.63, 3.8) is 0 Å². The van der Waals surface area contributed by atoms with E-state index in [2.05, 4.69) is 15.4 Å². The van der Waals surface area contributed by atoms with Crippen LogP contribution in [0.25, 0.3) is 0 Å². The highest BCUT2D eigenvalue weighted by molar-refractivity contribution is 6.33. The van der Waals surface area contributed by atoms with Gasteiger partial charge in [-0.2, -0.15) is 0 Å². The van der Waals surface area contributed by atoms with E-state index in [1.807, 2.05) is 0 Å². The molecule has 0 aromatic heterocycles. The Morgan fingerprint density at radius 1 is 1.20 bits per heavy atom. The summed E-state index contributed by atoms with van der Waals surface area (Å²) in [5.41, 5.74) is 1.33. The summed E-state index contributed by atoms with van der Waals surface area (Å²) in [6.07, 6.45) is 0.400. The van der Waals surface area contributed by atoms with Crippen molar-refractivity contribution in [2.24, 2.45) is 0 Å². The number of halogens is 2. The molecule has 2 N–H and O–H groups in total. The number of carbonyl (C=O) groups is 2. The zero-order valence-corrected chi connectivity index (χ0v) is 14.4. The van der Waals surface area contributed by atoms with Gasteiger partial charge in [0.2, 0.25) is 5.91 Å². The lowest BCUT2D eigenvalue weighted by atomic mass is 10.1. The van der Waals surface area contributed by atoms with Crippen molar-refractivity contribution >= 4 is 29.2 Å². The van der Waals surface area contributed by atoms with E-state index in [-0.39, 0.29) is 18.3 Å². The van der Waals surface area contributed by atoms with Gasteiger partial charge in [-0.05, 0) is 36.2 Å². The summed E-state index contributed by atoms with van der Waals surface area (Å²) in [4.78, 5) is 23.4. The molecule has 0 aliphatic heterocycles. The number of rotatable bonds is 7. The fourth-order valence-corrected chi connectivity index (χ4v) is 2.37. The number of methoxy groups -OCH3 is 1. The van der Waals surface area contributed by atoms with Gasteiger partial charge in [0, 0.05) is 6.54 Å². The highest BCUT2D eigenvalue weighted by Gasteiger charge is 2.10. The number of amides is 1. The van der Waals surface area contributed by atoms with Crippen molar-refractivity contribution in [2.75, 3.05) is 25.5 Å². The van der Waals surface area contributed by atoms with E-state index in [1.54, 1.807) is 24.3 Å². The molecule has 0 aliphatic carbocycles. The fraction of sp³-hybridized carbons (Fsp3) is 0.222. The highest BCUT2D eigenvalue weighted by atomic mass is 35.5. The zero-order chi connectivity index (χ0) is 18.2. The number of ether oxygens (including phenoxy) is 1. The molecule has 0 radical (unpaired) electrons. The molecular formula is C18H18ClFN2O3. The molecule has 2 aromatic rings. The molecule has 0 aliphatic rings. The van der Waals surface area contributed by atoms with E-state index < -0.39 is 5.97 Å². The Bertz CT molecular complexity index is 768. The topological polar surface area (TPSA) is 67.4 Å². The molecule has 2 aromatic carbocycles. The van der Waals surface area contributed by atoms with E-state index in [9.17, 15) is 14.0 Å². The third-order valence-corrected chi connectivity index (χ3v) is 3.83. The van der Waals surface area contributed by atoms with Gasteiger partial charge in [0.1, 0.15) is 5.82 Å². The van der Waals surface area contributed by atoms with Crippen LogP contribution in [-0.2, 0) is 16.0 Å². The number of carbonyl (C=O) groups excluding carboxylic acids is 2. The lowest BCUT2D eigenvalue weighted by Gasteiger charge is -2.10. The summed E-state index contributed by atoms with van der Waals surface area (Å²) in [7, 11) is 1.28. The number of esters is 1. The largest absolute Gasteiger partial charge is 0.465 e. The predicted molar refractivity (Wildman–Crippen MR) is 94.4 cm³/mol. The average Bonchev–Trinajstić information content (AvgIpc) is 2.62. The van der Waals surface area contributed by atoms with Gasteiger partial charge < -0.3 is 15.4 Å². The lowest BCUT2D eigenvalue weighted by molar-refractivity contribution is -0.119. The SMILES string of the molecule is COC(=O)c1ccc(Cl)c(NCC(=O)NCCc2ccccc2F)c1. The zero-order valence-electron chi connectivity index (χ0n) is 13.6. The smallest absolute Gasteiger partial charge is 0.337 e. The van der Waals surface area contributed by atoms with E-state index >= 15 is 0 Å². The second-order valence-electron chi connectivity index (χ2n) is 5.23. The summed E-state index contributed by atoms with van der Waals surface area (Å²) in [5.74, 6) is -1.05. The Balaban J connectivity index is 1.84. The van der Waals surface area contributed by atoms with Gasteiger partial charge in [0.05, 0.1) is 29.9 Å². The molecule has 7 heteroatoms. The van der Waals surface area contributed by atoms with Crippen molar-refractivity contribution < 1.29 is 18.7 Å². The summed E-state index contributed by atoms with van der Waals surface area (Å²) < 4.78 is 18.1. The molecule has 0 saturated heterocycles. The number of hydrogen-bond acceptors (Lipinski definition) is 4. The second kappa shape index (κ2) is 9.03. The van der Waals surface area contributed by atoms with Crippen molar-refractivity contribution in [2.45, 2.75) is 6.42 Å². The van der Waals surface area contributed by atoms with Gasteiger partial charge in [0.25, 0.3) is 0 Å². The standard InChI is InChI=1S/C18H18ClFN2O3/c1-25-18(24)13-6-7-14(19)16(10-13)22-11-17(23)21-9-8-12-4-2-3-5-15(12)20/h2-7,10,22H,8-9,11H2,1H3,(H,21,23). The molecular weight excluding hydrogens is 347 g/mol. The number of anilines is 1. The van der Waals surface area contributed by atoms with Gasteiger partial charge in [-0.15, -0.1) is 0 Å². The van der Waals surface area contributed by atoms with Crippen LogP contribution in [0.4, 0.5) is 10.1 Å². The molecule has 0 unspecified atom stereocenters. The highest BCUT2D eigenvalue weighted by Crippen LogP contribution is 2.23. The molecule has 25 heavy (non-hydrogen) atoms. The minimum Gasteiger partial charge on any atom is -0.465 e. The first-order chi connectivity index (χ1) is 12.0. The van der Waals surface area contributed by atoms with Gasteiger partial charge in [0.15, 0.2) is 0 Å². The molecule has 132 valence electrons. The second-order valence-corrected chi connectivity index (χ2v) is 5.64. The molecule has 0 fully saturated rings. The van der Waals surface area contributed by atoms with E-state index in [0.29, 0.717) is 34.8 Å². The number of nitrogens with one attached hydrogen (secondary N) is 2. The Morgan fingerprint density at radius 2 is 1.96 bits per heavy atom. The van der Waals surface area contributed by atoms with Gasteiger partial charge in [-0.3, -0.25) is 4.79 Å². The first-order valence-corrected chi connectivity index (χ1v) is 8.01. The quantitative estimate of drug-likeness (QED) is 0.741. The Morgan fingerprint density at radius 3 is 2.68 bits per heavy atom. The fourth-order valence-electron chi connectivity index (χ4n) is 2.18. The van der Waals surface area contributed by atoms with Crippen LogP contribution < -0.4 is 10.6 Å². The summed E-state index contributed by atoms with van der Waals surface area (Å²) >= 11 is 6.04. The van der Waals surface area contributed by atoms with E-state index in [4.69, 9.17) is 11.6 Å². The molecule has 5 nitrogen and oxygen atoms in total. The maximum absolute atomic E-state index is 13.5. The van der Waals surface area contributed by atoms with Crippen LogP contribution in [0.5, 0.6) is 0 Å². The number of hydrogen-bond donors (Lipinski definition) is 2. The first kappa shape index (κ1) is 18.7. The molecule has 2 rings (SSSR count). The minimum absolute atomic E-state index is 0.0262. The molecule has 0 heterocycles. The monoisotopic (exact) mass is 364 g/mol. The summed E-state index contributed by atoms with van der Waals surface area (Å²) in [6, 6.07) is 11.0. The predicted octanol–water partition coefficient (Wildman–Crippen LogP) is 3.04. The first-order valence-electron chi connectivity index (χ1n) is 7.63. The van der Waals surface area contributed by atoms with Crippen molar-refractivity contribution in [3.8, 4) is 0 Å². The number of benzene rings is 2. The molecule has 0 saturated carbocycles.